The third-order valence-electron chi connectivity index (χ3n) is 6.49. The molecule has 7 heteroatoms. The van der Waals surface area contributed by atoms with Gasteiger partial charge in [0.1, 0.15) is 11.3 Å². The maximum atomic E-state index is 13.6. The van der Waals surface area contributed by atoms with Gasteiger partial charge in [0.15, 0.2) is 0 Å². The van der Waals surface area contributed by atoms with Crippen LogP contribution < -0.4 is 0 Å². The summed E-state index contributed by atoms with van der Waals surface area (Å²) < 4.78 is 5.23. The van der Waals surface area contributed by atoms with Gasteiger partial charge in [0.2, 0.25) is 5.91 Å². The molecule has 0 aliphatic carbocycles. The minimum Gasteiger partial charge on any atom is -0.361 e. The molecule has 1 atom stereocenters. The largest absolute Gasteiger partial charge is 0.361 e. The van der Waals surface area contributed by atoms with Gasteiger partial charge in [-0.2, -0.15) is 0 Å². The first-order valence-electron chi connectivity index (χ1n) is 11.2. The van der Waals surface area contributed by atoms with E-state index in [2.05, 4.69) is 22.3 Å². The number of aromatic nitrogens is 2. The third-order valence-corrected chi connectivity index (χ3v) is 6.49. The summed E-state index contributed by atoms with van der Waals surface area (Å²) in [5.74, 6) is 0.428. The van der Waals surface area contributed by atoms with Crippen LogP contribution in [0.3, 0.4) is 0 Å². The molecule has 3 aromatic rings. The second-order valence-corrected chi connectivity index (χ2v) is 9.08. The smallest absolute Gasteiger partial charge is 0.259 e. The van der Waals surface area contributed by atoms with E-state index >= 15 is 0 Å². The molecule has 0 unspecified atom stereocenters. The molecule has 172 valence electrons. The van der Waals surface area contributed by atoms with Crippen molar-refractivity contribution in [2.45, 2.75) is 33.1 Å². The first-order chi connectivity index (χ1) is 15.8. The molecule has 2 aromatic heterocycles. The number of amides is 2. The molecular weight excluding hydrogens is 416 g/mol. The fourth-order valence-corrected chi connectivity index (χ4v) is 4.96. The highest BCUT2D eigenvalue weighted by atomic mass is 16.5. The molecule has 0 spiro atoms. The van der Waals surface area contributed by atoms with E-state index in [1.807, 2.05) is 30.5 Å². The van der Waals surface area contributed by atoms with E-state index in [0.29, 0.717) is 36.5 Å². The Labute approximate surface area is 194 Å². The molecule has 1 aliphatic rings. The van der Waals surface area contributed by atoms with E-state index in [1.165, 1.54) is 0 Å². The predicted molar refractivity (Wildman–Crippen MR) is 126 cm³/mol. The summed E-state index contributed by atoms with van der Waals surface area (Å²) in [7, 11) is 3.57. The van der Waals surface area contributed by atoms with Crippen LogP contribution in [0.4, 0.5) is 0 Å². The zero-order chi connectivity index (χ0) is 23.6. The van der Waals surface area contributed by atoms with E-state index in [9.17, 15) is 9.59 Å². The third kappa shape index (κ3) is 4.40. The number of nitrogens with zero attached hydrogens (tertiary/aromatic N) is 4. The van der Waals surface area contributed by atoms with Crippen molar-refractivity contribution in [3.8, 4) is 11.1 Å². The van der Waals surface area contributed by atoms with Crippen LogP contribution in [0.25, 0.3) is 11.1 Å². The molecule has 0 bridgehead atoms. The number of hydrogen-bond donors (Lipinski definition) is 0. The predicted octanol–water partition coefficient (Wildman–Crippen LogP) is 3.91. The molecular formula is C26H30N4O3. The number of rotatable bonds is 5. The lowest BCUT2D eigenvalue weighted by Crippen LogP contribution is -2.54. The van der Waals surface area contributed by atoms with Crippen LogP contribution in [-0.4, -0.2) is 58.9 Å². The number of aryl methyl sites for hydroxylation is 2. The minimum absolute atomic E-state index is 0.0414. The van der Waals surface area contributed by atoms with Crippen molar-refractivity contribution >= 4 is 11.8 Å². The second-order valence-electron chi connectivity index (χ2n) is 9.08. The lowest BCUT2D eigenvalue weighted by molar-refractivity contribution is -0.142. The molecule has 7 nitrogen and oxygen atoms in total. The van der Waals surface area contributed by atoms with Crippen molar-refractivity contribution in [1.29, 1.82) is 0 Å². The fourth-order valence-electron chi connectivity index (χ4n) is 4.96. The lowest BCUT2D eigenvalue weighted by Gasteiger charge is -2.43. The molecule has 2 amide bonds. The number of piperidine rings is 1. The van der Waals surface area contributed by atoms with Crippen molar-refractivity contribution in [2.75, 3.05) is 27.2 Å². The highest BCUT2D eigenvalue weighted by Gasteiger charge is 2.45. The Hall–Kier alpha value is -3.48. The van der Waals surface area contributed by atoms with Crippen molar-refractivity contribution < 1.29 is 14.1 Å². The zero-order valence-corrected chi connectivity index (χ0v) is 19.7. The van der Waals surface area contributed by atoms with Crippen molar-refractivity contribution in [3.05, 3.63) is 71.4 Å². The monoisotopic (exact) mass is 446 g/mol. The van der Waals surface area contributed by atoms with Gasteiger partial charge in [-0.1, -0.05) is 35.5 Å². The quantitative estimate of drug-likeness (QED) is 0.594. The van der Waals surface area contributed by atoms with Crippen molar-refractivity contribution in [1.82, 2.24) is 19.9 Å². The summed E-state index contributed by atoms with van der Waals surface area (Å²) in [4.78, 5) is 34.7. The van der Waals surface area contributed by atoms with E-state index in [4.69, 9.17) is 4.52 Å². The van der Waals surface area contributed by atoms with Gasteiger partial charge in [-0.05, 0) is 50.3 Å². The van der Waals surface area contributed by atoms with Gasteiger partial charge in [-0.25, -0.2) is 0 Å². The van der Waals surface area contributed by atoms with Crippen LogP contribution in [0.2, 0.25) is 0 Å². The second kappa shape index (κ2) is 9.17. The van der Waals surface area contributed by atoms with Crippen LogP contribution in [-0.2, 0) is 11.2 Å². The maximum absolute atomic E-state index is 13.6. The molecule has 1 fully saturated rings. The molecule has 33 heavy (non-hydrogen) atoms. The van der Waals surface area contributed by atoms with E-state index in [1.54, 1.807) is 43.9 Å². The van der Waals surface area contributed by atoms with Crippen molar-refractivity contribution in [3.63, 3.8) is 0 Å². The molecule has 0 saturated carbocycles. The Kier molecular flexibility index (Phi) is 6.31. The Morgan fingerprint density at radius 2 is 1.94 bits per heavy atom. The standard InChI is InChI=1S/C26H30N4O3/c1-18-23(19(2)33-28-18)24(31)30-14-8-12-26(17-30,25(32)29(3)4)15-20-9-5-6-11-22(20)21-10-7-13-27-16-21/h5-7,9-11,13,16H,8,12,14-15,17H2,1-4H3/t26-/m1/s1. The van der Waals surface area contributed by atoms with Crippen LogP contribution in [0.15, 0.2) is 53.3 Å². The summed E-state index contributed by atoms with van der Waals surface area (Å²) in [6, 6.07) is 12.1. The number of carbonyl (C=O) groups is 2. The Balaban J connectivity index is 1.71. The Bertz CT molecular complexity index is 1140. The van der Waals surface area contributed by atoms with Crippen LogP contribution in [0.1, 0.15) is 40.2 Å². The maximum Gasteiger partial charge on any atom is 0.259 e. The molecule has 0 radical (unpaired) electrons. The highest BCUT2D eigenvalue weighted by Crippen LogP contribution is 2.38. The average molecular weight is 447 g/mol. The number of benzene rings is 1. The lowest BCUT2D eigenvalue weighted by atomic mass is 9.72. The first-order valence-corrected chi connectivity index (χ1v) is 11.2. The SMILES string of the molecule is Cc1noc(C)c1C(=O)N1CCC[C@](Cc2ccccc2-c2cccnc2)(C(=O)N(C)C)C1. The van der Waals surface area contributed by atoms with Crippen LogP contribution in [0, 0.1) is 19.3 Å². The number of carbonyl (C=O) groups excluding carboxylic acids is 2. The molecule has 3 heterocycles. The van der Waals surface area contributed by atoms with E-state index in [-0.39, 0.29) is 11.8 Å². The average Bonchev–Trinajstić information content (AvgIpc) is 3.16. The van der Waals surface area contributed by atoms with Gasteiger partial charge in [0.25, 0.3) is 5.91 Å². The minimum atomic E-state index is -0.714. The number of likely N-dealkylation sites (tertiary alicyclic amines) is 1. The molecule has 1 aliphatic heterocycles. The molecule has 0 N–H and O–H groups in total. The van der Waals surface area contributed by atoms with Gasteiger partial charge in [-0.15, -0.1) is 0 Å². The van der Waals surface area contributed by atoms with Gasteiger partial charge >= 0.3 is 0 Å². The summed E-state index contributed by atoms with van der Waals surface area (Å²) in [6.45, 7) is 4.49. The van der Waals surface area contributed by atoms with Gasteiger partial charge in [0, 0.05) is 45.1 Å². The Morgan fingerprint density at radius 3 is 2.61 bits per heavy atom. The summed E-state index contributed by atoms with van der Waals surface area (Å²) >= 11 is 0. The normalized spacial score (nSPS) is 18.2. The summed E-state index contributed by atoms with van der Waals surface area (Å²) in [5.41, 5.74) is 3.51. The molecule has 4 rings (SSSR count). The van der Waals surface area contributed by atoms with Gasteiger partial charge in [-0.3, -0.25) is 14.6 Å². The molecule has 1 saturated heterocycles. The molecule has 1 aromatic carbocycles. The summed E-state index contributed by atoms with van der Waals surface area (Å²) in [5, 5.41) is 3.94. The van der Waals surface area contributed by atoms with Crippen LogP contribution >= 0.6 is 0 Å². The highest BCUT2D eigenvalue weighted by molar-refractivity contribution is 5.97. The van der Waals surface area contributed by atoms with Gasteiger partial charge in [0.05, 0.1) is 11.1 Å². The van der Waals surface area contributed by atoms with Crippen molar-refractivity contribution in [2.24, 2.45) is 5.41 Å². The zero-order valence-electron chi connectivity index (χ0n) is 19.7. The van der Waals surface area contributed by atoms with Crippen LogP contribution in [0.5, 0.6) is 0 Å². The van der Waals surface area contributed by atoms with E-state index in [0.717, 1.165) is 29.5 Å². The topological polar surface area (TPSA) is 79.5 Å². The fraction of sp³-hybridized carbons (Fsp3) is 0.385. The van der Waals surface area contributed by atoms with E-state index < -0.39 is 5.41 Å². The van der Waals surface area contributed by atoms with Gasteiger partial charge < -0.3 is 14.3 Å². The summed E-state index contributed by atoms with van der Waals surface area (Å²) in [6.07, 6.45) is 5.61. The Morgan fingerprint density at radius 1 is 1.15 bits per heavy atom. The number of pyridine rings is 1. The number of hydrogen-bond acceptors (Lipinski definition) is 5. The first kappa shape index (κ1) is 22.7.